The summed E-state index contributed by atoms with van der Waals surface area (Å²) in [5, 5.41) is 9.04. The zero-order valence-corrected chi connectivity index (χ0v) is 7.94. The second-order valence-electron chi connectivity index (χ2n) is 3.08. The molecule has 0 amide bonds. The highest BCUT2D eigenvalue weighted by Gasteiger charge is 2.27. The Hall–Kier alpha value is -0.220. The summed E-state index contributed by atoms with van der Waals surface area (Å²) in [5.74, 6) is -0.481. The summed E-state index contributed by atoms with van der Waals surface area (Å²) in [4.78, 5) is 10.5. The van der Waals surface area contributed by atoms with Crippen molar-refractivity contribution in [3.05, 3.63) is 0 Å². The highest BCUT2D eigenvalue weighted by Crippen LogP contribution is 2.15. The summed E-state index contributed by atoms with van der Waals surface area (Å²) in [7, 11) is 0. The lowest BCUT2D eigenvalue weighted by Gasteiger charge is -2.19. The Kier molecular flexibility index (Phi) is 3.89. The van der Waals surface area contributed by atoms with Gasteiger partial charge in [-0.15, -0.1) is 0 Å². The fourth-order valence-electron chi connectivity index (χ4n) is 0.402. The Morgan fingerprint density at radius 1 is 1.73 bits per heavy atom. The van der Waals surface area contributed by atoms with Gasteiger partial charge in [-0.05, 0) is 12.2 Å². The van der Waals surface area contributed by atoms with Gasteiger partial charge in [0.15, 0.2) is 0 Å². The van der Waals surface area contributed by atoms with Gasteiger partial charge in [0.1, 0.15) is 5.54 Å². The number of carboxylic acid groups (broad SMARTS) is 1. The molecule has 66 valence electrons. The van der Waals surface area contributed by atoms with Gasteiger partial charge >= 0.3 is 5.97 Å². The Labute approximate surface area is 71.3 Å². The fourth-order valence-corrected chi connectivity index (χ4v) is 1.20. The molecule has 1 atom stereocenters. The summed E-state index contributed by atoms with van der Waals surface area (Å²) in [5.41, 5.74) is 4.40. The van der Waals surface area contributed by atoms with Gasteiger partial charge in [0.25, 0.3) is 0 Å². The molecule has 0 aliphatic carbocycles. The van der Waals surface area contributed by atoms with E-state index in [9.17, 15) is 4.79 Å². The summed E-state index contributed by atoms with van der Waals surface area (Å²) in [6, 6.07) is 0. The van der Waals surface area contributed by atoms with Crippen molar-refractivity contribution in [2.45, 2.75) is 31.6 Å². The lowest BCUT2D eigenvalue weighted by atomic mass is 10.1. The van der Waals surface area contributed by atoms with Gasteiger partial charge in [-0.25, -0.2) is 0 Å². The molecule has 0 saturated heterocycles. The summed E-state index contributed by atoms with van der Waals surface area (Å²) >= 11 is 1.56. The minimum atomic E-state index is -1.09. The largest absolute Gasteiger partial charge is 0.480 e. The van der Waals surface area contributed by atoms with Crippen LogP contribution in [0.15, 0.2) is 0 Å². The number of carboxylic acids is 1. The average molecular weight is 177 g/mol. The number of aliphatic carboxylic acids is 1. The van der Waals surface area contributed by atoms with Crippen molar-refractivity contribution < 1.29 is 9.90 Å². The lowest BCUT2D eigenvalue weighted by Crippen LogP contribution is -2.47. The van der Waals surface area contributed by atoms with Gasteiger partial charge in [-0.2, -0.15) is 11.8 Å². The van der Waals surface area contributed by atoms with Crippen LogP contribution in [0.2, 0.25) is 0 Å². The third kappa shape index (κ3) is 4.27. The normalized spacial score (nSPS) is 16.5. The van der Waals surface area contributed by atoms with E-state index in [0.717, 1.165) is 0 Å². The monoisotopic (exact) mass is 177 g/mol. The molecule has 0 saturated carbocycles. The van der Waals surface area contributed by atoms with E-state index >= 15 is 0 Å². The van der Waals surface area contributed by atoms with Crippen molar-refractivity contribution in [1.29, 1.82) is 0 Å². The first-order valence-electron chi connectivity index (χ1n) is 3.50. The quantitative estimate of drug-likeness (QED) is 0.670. The van der Waals surface area contributed by atoms with E-state index in [1.54, 1.807) is 11.8 Å². The van der Waals surface area contributed by atoms with Gasteiger partial charge in [-0.1, -0.05) is 13.8 Å². The number of rotatable bonds is 4. The maximum atomic E-state index is 10.5. The van der Waals surface area contributed by atoms with E-state index in [1.807, 2.05) is 13.8 Å². The molecule has 0 aromatic rings. The van der Waals surface area contributed by atoms with E-state index in [2.05, 4.69) is 0 Å². The zero-order chi connectivity index (χ0) is 9.07. The molecule has 0 spiro atoms. The zero-order valence-electron chi connectivity index (χ0n) is 7.13. The summed E-state index contributed by atoms with van der Waals surface area (Å²) in [6.45, 7) is 5.57. The minimum absolute atomic E-state index is 0.428. The molecule has 0 fully saturated rings. The second-order valence-corrected chi connectivity index (χ2v) is 4.65. The Bertz CT molecular complexity index is 145. The number of hydrogen-bond donors (Lipinski definition) is 2. The molecule has 0 aromatic carbocycles. The first-order valence-corrected chi connectivity index (χ1v) is 4.55. The van der Waals surface area contributed by atoms with Crippen LogP contribution in [0, 0.1) is 0 Å². The highest BCUT2D eigenvalue weighted by molar-refractivity contribution is 7.99. The van der Waals surface area contributed by atoms with Crippen molar-refractivity contribution in [1.82, 2.24) is 0 Å². The Morgan fingerprint density at radius 3 is 2.45 bits per heavy atom. The first kappa shape index (κ1) is 10.8. The van der Waals surface area contributed by atoms with Crippen LogP contribution < -0.4 is 5.73 Å². The number of hydrogen-bond acceptors (Lipinski definition) is 3. The summed E-state index contributed by atoms with van der Waals surface area (Å²) < 4.78 is 0. The molecule has 3 N–H and O–H groups in total. The van der Waals surface area contributed by atoms with E-state index in [1.165, 1.54) is 6.92 Å². The average Bonchev–Trinajstić information content (AvgIpc) is 1.84. The van der Waals surface area contributed by atoms with Crippen LogP contribution in [-0.4, -0.2) is 27.6 Å². The van der Waals surface area contributed by atoms with Crippen LogP contribution in [0.1, 0.15) is 20.8 Å². The lowest BCUT2D eigenvalue weighted by molar-refractivity contribution is -0.141. The van der Waals surface area contributed by atoms with E-state index in [0.29, 0.717) is 11.0 Å². The fraction of sp³-hybridized carbons (Fsp3) is 0.857. The third-order valence-electron chi connectivity index (χ3n) is 1.21. The van der Waals surface area contributed by atoms with Crippen molar-refractivity contribution in [2.75, 3.05) is 5.75 Å². The molecule has 0 unspecified atom stereocenters. The molecule has 0 heterocycles. The predicted molar refractivity (Wildman–Crippen MR) is 47.8 cm³/mol. The molecule has 3 nitrogen and oxygen atoms in total. The second kappa shape index (κ2) is 3.97. The van der Waals surface area contributed by atoms with Crippen LogP contribution in [0.25, 0.3) is 0 Å². The highest BCUT2D eigenvalue weighted by atomic mass is 32.2. The number of nitrogens with two attached hydrogens (primary N) is 1. The maximum absolute atomic E-state index is 10.5. The van der Waals surface area contributed by atoms with Gasteiger partial charge in [-0.3, -0.25) is 4.79 Å². The molecule has 0 bridgehead atoms. The minimum Gasteiger partial charge on any atom is -0.480 e. The molecule has 0 rings (SSSR count). The molecular formula is C7H15NO2S. The van der Waals surface area contributed by atoms with E-state index < -0.39 is 11.5 Å². The first-order chi connectivity index (χ1) is 4.86. The van der Waals surface area contributed by atoms with Crippen LogP contribution in [-0.2, 0) is 4.79 Å². The van der Waals surface area contributed by atoms with Crippen LogP contribution in [0.5, 0.6) is 0 Å². The summed E-state index contributed by atoms with van der Waals surface area (Å²) in [6.07, 6.45) is 0. The van der Waals surface area contributed by atoms with Crippen molar-refractivity contribution in [3.63, 3.8) is 0 Å². The number of carbonyl (C=O) groups is 1. The van der Waals surface area contributed by atoms with Crippen molar-refractivity contribution in [2.24, 2.45) is 5.73 Å². The van der Waals surface area contributed by atoms with E-state index in [-0.39, 0.29) is 0 Å². The number of thioether (sulfide) groups is 1. The van der Waals surface area contributed by atoms with Crippen molar-refractivity contribution in [3.8, 4) is 0 Å². The smallest absolute Gasteiger partial charge is 0.324 e. The SMILES string of the molecule is CC(C)SC[C@](C)(N)C(=O)O. The molecule has 0 radical (unpaired) electrons. The van der Waals surface area contributed by atoms with Crippen molar-refractivity contribution >= 4 is 17.7 Å². The molecule has 11 heavy (non-hydrogen) atoms. The van der Waals surface area contributed by atoms with Gasteiger partial charge < -0.3 is 10.8 Å². The van der Waals surface area contributed by atoms with Gasteiger partial charge in [0.05, 0.1) is 0 Å². The standard InChI is InChI=1S/C7H15NO2S/c1-5(2)11-4-7(3,8)6(9)10/h5H,4,8H2,1-3H3,(H,9,10)/t7-/m0/s1. The molecule has 0 aliphatic heterocycles. The predicted octanol–water partition coefficient (Wildman–Crippen LogP) is 0.930. The van der Waals surface area contributed by atoms with Gasteiger partial charge in [0.2, 0.25) is 0 Å². The topological polar surface area (TPSA) is 63.3 Å². The molecule has 4 heteroatoms. The Balaban J connectivity index is 3.83. The van der Waals surface area contributed by atoms with Crippen LogP contribution in [0.3, 0.4) is 0 Å². The van der Waals surface area contributed by atoms with Crippen LogP contribution in [0.4, 0.5) is 0 Å². The Morgan fingerprint density at radius 2 is 2.18 bits per heavy atom. The van der Waals surface area contributed by atoms with Gasteiger partial charge in [0, 0.05) is 5.75 Å². The van der Waals surface area contributed by atoms with E-state index in [4.69, 9.17) is 10.8 Å². The molecule has 0 aliphatic rings. The molecule has 0 aromatic heterocycles. The van der Waals surface area contributed by atoms with Crippen LogP contribution >= 0.6 is 11.8 Å². The third-order valence-corrected chi connectivity index (χ3v) is 2.64. The molecular weight excluding hydrogens is 162 g/mol. The maximum Gasteiger partial charge on any atom is 0.324 e.